The third-order valence-corrected chi connectivity index (χ3v) is 6.82. The molecule has 1 N–H and O–H groups in total. The molecule has 4 rings (SSSR count). The van der Waals surface area contributed by atoms with Crippen molar-refractivity contribution in [3.05, 3.63) is 59.9 Å². The van der Waals surface area contributed by atoms with E-state index in [-0.39, 0.29) is 5.69 Å². The van der Waals surface area contributed by atoms with Gasteiger partial charge in [-0.25, -0.2) is 13.4 Å². The number of allylic oxidation sites excluding steroid dienone is 4. The lowest BCUT2D eigenvalue weighted by Gasteiger charge is -2.17. The average Bonchev–Trinajstić information content (AvgIpc) is 3.04. The predicted molar refractivity (Wildman–Crippen MR) is 116 cm³/mol. The van der Waals surface area contributed by atoms with E-state index < -0.39 is 27.1 Å². The van der Waals surface area contributed by atoms with Gasteiger partial charge in [0.1, 0.15) is 22.7 Å². The van der Waals surface area contributed by atoms with E-state index in [1.54, 1.807) is 15.5 Å². The maximum Gasteiger partial charge on any atom is 0.404 e. The second-order valence-corrected chi connectivity index (χ2v) is 9.17. The molecule has 0 radical (unpaired) electrons. The lowest BCUT2D eigenvalue weighted by atomic mass is 10.1. The molecule has 3 heterocycles. The van der Waals surface area contributed by atoms with Crippen molar-refractivity contribution in [1.29, 1.82) is 5.26 Å². The number of sulfonamides is 1. The van der Waals surface area contributed by atoms with E-state index >= 15 is 0 Å². The number of halogens is 3. The Labute approximate surface area is 187 Å². The molecule has 0 saturated carbocycles. The van der Waals surface area contributed by atoms with Crippen molar-refractivity contribution in [1.82, 2.24) is 19.3 Å². The third kappa shape index (κ3) is 4.03. The van der Waals surface area contributed by atoms with Gasteiger partial charge >= 0.3 is 6.18 Å². The van der Waals surface area contributed by atoms with Gasteiger partial charge in [-0.15, -0.1) is 0 Å². The molecule has 7 nitrogen and oxygen atoms in total. The number of fused-ring (bicyclic) bond motifs is 1. The topological polar surface area (TPSA) is 101 Å². The first-order valence-corrected chi connectivity index (χ1v) is 11.4. The molecule has 3 aromatic heterocycles. The van der Waals surface area contributed by atoms with Crippen LogP contribution in [-0.2, 0) is 16.4 Å². The van der Waals surface area contributed by atoms with E-state index in [0.717, 1.165) is 29.9 Å². The SMILES string of the molecule is CCc1cnc2c(c1)c(C#N)c(-c1ccc(S(=O)(=O)N[C@H](C)C(F)(F)F)cn1)n2C1=CC=C1. The van der Waals surface area contributed by atoms with Gasteiger partial charge in [0.15, 0.2) is 0 Å². The van der Waals surface area contributed by atoms with Crippen LogP contribution in [0.4, 0.5) is 13.2 Å². The Morgan fingerprint density at radius 1 is 1.24 bits per heavy atom. The molecule has 3 aromatic rings. The molecule has 0 amide bonds. The second kappa shape index (κ2) is 8.13. The Kier molecular flexibility index (Phi) is 5.59. The number of rotatable bonds is 6. The number of aromatic nitrogens is 3. The maximum atomic E-state index is 12.8. The zero-order valence-corrected chi connectivity index (χ0v) is 18.4. The number of pyridine rings is 2. The van der Waals surface area contributed by atoms with Crippen LogP contribution in [0.2, 0.25) is 0 Å². The minimum atomic E-state index is -4.72. The molecule has 33 heavy (non-hydrogen) atoms. The first-order valence-electron chi connectivity index (χ1n) is 9.94. The normalized spacial score (nSPS) is 14.6. The van der Waals surface area contributed by atoms with E-state index in [0.29, 0.717) is 29.2 Å². The fourth-order valence-corrected chi connectivity index (χ4v) is 4.56. The monoisotopic (exact) mass is 473 g/mol. The number of nitriles is 1. The van der Waals surface area contributed by atoms with E-state index in [4.69, 9.17) is 0 Å². The summed E-state index contributed by atoms with van der Waals surface area (Å²) >= 11 is 0. The summed E-state index contributed by atoms with van der Waals surface area (Å²) in [5.74, 6) is 0. The van der Waals surface area contributed by atoms with Crippen molar-refractivity contribution in [3.8, 4) is 17.5 Å². The molecule has 170 valence electrons. The Morgan fingerprint density at radius 2 is 1.97 bits per heavy atom. The van der Waals surface area contributed by atoms with Crippen LogP contribution in [0.1, 0.15) is 25.0 Å². The van der Waals surface area contributed by atoms with Crippen molar-refractivity contribution < 1.29 is 21.6 Å². The molecule has 0 aliphatic heterocycles. The standard InChI is InChI=1S/C22H18F3N5O2S/c1-3-14-9-17-18(10-26)20(30(15-5-4-6-15)21(17)28-11-14)19-8-7-16(12-27-19)33(31,32)29-13(2)22(23,24)25/h4-9,11-13,29H,3H2,1-2H3/t13-/m1/s1. The number of nitrogens with zero attached hydrogens (tertiary/aromatic N) is 4. The van der Waals surface area contributed by atoms with Crippen LogP contribution < -0.4 is 4.72 Å². The largest absolute Gasteiger partial charge is 0.404 e. The quantitative estimate of drug-likeness (QED) is 0.579. The maximum absolute atomic E-state index is 12.8. The van der Waals surface area contributed by atoms with Gasteiger partial charge in [0.25, 0.3) is 0 Å². The fraction of sp³-hybridized carbons (Fsp3) is 0.227. The van der Waals surface area contributed by atoms with Gasteiger partial charge in [0.05, 0.1) is 17.0 Å². The minimum Gasteiger partial charge on any atom is -0.291 e. The molecule has 1 atom stereocenters. The molecular weight excluding hydrogens is 455 g/mol. The number of nitrogens with one attached hydrogen (secondary N) is 1. The van der Waals surface area contributed by atoms with Crippen LogP contribution >= 0.6 is 0 Å². The summed E-state index contributed by atoms with van der Waals surface area (Å²) in [5, 5.41) is 10.5. The smallest absolute Gasteiger partial charge is 0.291 e. The summed E-state index contributed by atoms with van der Waals surface area (Å²) in [6.45, 7) is 2.69. The Balaban J connectivity index is 1.82. The van der Waals surface area contributed by atoms with Crippen LogP contribution in [-0.4, -0.2) is 35.2 Å². The molecule has 0 fully saturated rings. The minimum absolute atomic E-state index is 0.284. The highest BCUT2D eigenvalue weighted by Crippen LogP contribution is 2.36. The van der Waals surface area contributed by atoms with Gasteiger partial charge in [-0.3, -0.25) is 9.55 Å². The van der Waals surface area contributed by atoms with Gasteiger partial charge < -0.3 is 0 Å². The van der Waals surface area contributed by atoms with Gasteiger partial charge in [-0.2, -0.15) is 23.2 Å². The molecule has 0 saturated heterocycles. The van der Waals surface area contributed by atoms with Gasteiger partial charge in [0.2, 0.25) is 10.0 Å². The molecular formula is C22H18F3N5O2S. The Bertz CT molecular complexity index is 1450. The first-order chi connectivity index (χ1) is 15.6. The average molecular weight is 473 g/mol. The van der Waals surface area contributed by atoms with Crippen molar-refractivity contribution in [3.63, 3.8) is 0 Å². The van der Waals surface area contributed by atoms with Crippen molar-refractivity contribution in [2.45, 2.75) is 37.4 Å². The molecule has 0 aromatic carbocycles. The van der Waals surface area contributed by atoms with Crippen LogP contribution in [0.25, 0.3) is 28.1 Å². The molecule has 11 heteroatoms. The molecule has 0 spiro atoms. The fourth-order valence-electron chi connectivity index (χ4n) is 3.39. The van der Waals surface area contributed by atoms with Gasteiger partial charge in [-0.1, -0.05) is 13.0 Å². The number of aryl methyl sites for hydroxylation is 1. The van der Waals surface area contributed by atoms with E-state index in [9.17, 15) is 26.9 Å². The zero-order valence-electron chi connectivity index (χ0n) is 17.6. The van der Waals surface area contributed by atoms with Crippen LogP contribution in [0.15, 0.2) is 53.7 Å². The van der Waals surface area contributed by atoms with Crippen molar-refractivity contribution in [2.24, 2.45) is 0 Å². The molecule has 1 aliphatic carbocycles. The number of hydrogen-bond acceptors (Lipinski definition) is 5. The summed E-state index contributed by atoms with van der Waals surface area (Å²) < 4.78 is 66.4. The summed E-state index contributed by atoms with van der Waals surface area (Å²) in [6, 6.07) is 4.34. The molecule has 1 aliphatic rings. The highest BCUT2D eigenvalue weighted by Gasteiger charge is 2.39. The third-order valence-electron chi connectivity index (χ3n) is 5.29. The first kappa shape index (κ1) is 22.7. The summed E-state index contributed by atoms with van der Waals surface area (Å²) in [7, 11) is -4.45. The summed E-state index contributed by atoms with van der Waals surface area (Å²) in [4.78, 5) is 8.28. The van der Waals surface area contributed by atoms with E-state index in [2.05, 4.69) is 16.0 Å². The van der Waals surface area contributed by atoms with Crippen LogP contribution in [0, 0.1) is 11.3 Å². The highest BCUT2D eigenvalue weighted by molar-refractivity contribution is 7.89. The van der Waals surface area contributed by atoms with Crippen LogP contribution in [0.5, 0.6) is 0 Å². The second-order valence-electron chi connectivity index (χ2n) is 7.45. The summed E-state index contributed by atoms with van der Waals surface area (Å²) in [5.41, 5.74) is 3.29. The predicted octanol–water partition coefficient (Wildman–Crippen LogP) is 4.17. The van der Waals surface area contributed by atoms with Gasteiger partial charge in [0, 0.05) is 23.5 Å². The van der Waals surface area contributed by atoms with E-state index in [1.807, 2.05) is 31.2 Å². The highest BCUT2D eigenvalue weighted by atomic mass is 32.2. The van der Waals surface area contributed by atoms with Crippen molar-refractivity contribution >= 4 is 26.8 Å². The summed E-state index contributed by atoms with van der Waals surface area (Å²) in [6.07, 6.45) is 4.20. The number of hydrogen-bond donors (Lipinski definition) is 1. The van der Waals surface area contributed by atoms with Crippen molar-refractivity contribution in [2.75, 3.05) is 0 Å². The van der Waals surface area contributed by atoms with Crippen LogP contribution in [0.3, 0.4) is 0 Å². The lowest BCUT2D eigenvalue weighted by molar-refractivity contribution is -0.147. The number of alkyl halides is 3. The zero-order chi connectivity index (χ0) is 24.0. The molecule has 0 unspecified atom stereocenters. The Morgan fingerprint density at radius 3 is 2.48 bits per heavy atom. The van der Waals surface area contributed by atoms with E-state index in [1.165, 1.54) is 6.07 Å². The van der Waals surface area contributed by atoms with Gasteiger partial charge in [-0.05, 0) is 49.3 Å². The lowest BCUT2D eigenvalue weighted by Crippen LogP contribution is -2.42. The Hall–Kier alpha value is -3.49. The molecule has 0 bridgehead atoms.